The van der Waals surface area contributed by atoms with Crippen LogP contribution in [0.15, 0.2) is 48.5 Å². The molecule has 0 bridgehead atoms. The molecule has 0 fully saturated rings. The highest BCUT2D eigenvalue weighted by atomic mass is 19.1. The number of rotatable bonds is 1. The summed E-state index contributed by atoms with van der Waals surface area (Å²) in [6, 6.07) is 13.2. The predicted octanol–water partition coefficient (Wildman–Crippen LogP) is 3.09. The van der Waals surface area contributed by atoms with Crippen LogP contribution in [0, 0.1) is 5.82 Å². The molecule has 17 heavy (non-hydrogen) atoms. The van der Waals surface area contributed by atoms with Crippen LogP contribution in [0.4, 0.5) is 4.39 Å². The third-order valence-electron chi connectivity index (χ3n) is 2.86. The lowest BCUT2D eigenvalue weighted by Gasteiger charge is -2.10. The van der Waals surface area contributed by atoms with Crippen LogP contribution in [0.25, 0.3) is 0 Å². The van der Waals surface area contributed by atoms with Crippen LogP contribution in [0.2, 0.25) is 0 Å². The van der Waals surface area contributed by atoms with E-state index in [9.17, 15) is 9.18 Å². The number of carbonyl (C=O) groups excluding carboxylic acids is 1. The predicted molar refractivity (Wildman–Crippen MR) is 60.1 cm³/mol. The van der Waals surface area contributed by atoms with E-state index in [1.165, 1.54) is 12.1 Å². The maximum Gasteiger partial charge on any atom is 0.339 e. The van der Waals surface area contributed by atoms with E-state index in [0.717, 1.165) is 11.1 Å². The van der Waals surface area contributed by atoms with Crippen molar-refractivity contribution in [3.8, 4) is 0 Å². The number of hydrogen-bond donors (Lipinski definition) is 0. The van der Waals surface area contributed by atoms with Crippen LogP contribution in [0.5, 0.6) is 0 Å². The van der Waals surface area contributed by atoms with Gasteiger partial charge in [-0.05, 0) is 23.8 Å². The van der Waals surface area contributed by atoms with Crippen LogP contribution in [-0.4, -0.2) is 5.97 Å². The average molecular weight is 228 g/mol. The minimum Gasteiger partial charge on any atom is -0.449 e. The van der Waals surface area contributed by atoms with Crippen molar-refractivity contribution in [2.45, 2.75) is 6.10 Å². The Morgan fingerprint density at radius 2 is 1.71 bits per heavy atom. The summed E-state index contributed by atoms with van der Waals surface area (Å²) in [6.07, 6.45) is -0.417. The van der Waals surface area contributed by atoms with Gasteiger partial charge < -0.3 is 4.74 Å². The van der Waals surface area contributed by atoms with Gasteiger partial charge in [0.25, 0.3) is 0 Å². The van der Waals surface area contributed by atoms with Gasteiger partial charge in [0.2, 0.25) is 0 Å². The smallest absolute Gasteiger partial charge is 0.339 e. The summed E-state index contributed by atoms with van der Waals surface area (Å²) in [6.45, 7) is 0. The monoisotopic (exact) mass is 228 g/mol. The Balaban J connectivity index is 2.07. The lowest BCUT2D eigenvalue weighted by molar-refractivity contribution is 0.0456. The third-order valence-corrected chi connectivity index (χ3v) is 2.86. The van der Waals surface area contributed by atoms with Crippen molar-refractivity contribution in [1.82, 2.24) is 0 Å². The van der Waals surface area contributed by atoms with Gasteiger partial charge in [0.15, 0.2) is 6.10 Å². The largest absolute Gasteiger partial charge is 0.449 e. The highest BCUT2D eigenvalue weighted by Gasteiger charge is 2.31. The molecule has 0 spiro atoms. The zero-order chi connectivity index (χ0) is 11.8. The van der Waals surface area contributed by atoms with E-state index >= 15 is 0 Å². The fourth-order valence-electron chi connectivity index (χ4n) is 2.03. The minimum atomic E-state index is -0.417. The van der Waals surface area contributed by atoms with E-state index in [0.29, 0.717) is 5.56 Å². The molecule has 0 saturated heterocycles. The molecule has 0 aromatic heterocycles. The molecular formula is C14H9FO2. The number of esters is 1. The van der Waals surface area contributed by atoms with E-state index < -0.39 is 6.10 Å². The van der Waals surface area contributed by atoms with Gasteiger partial charge in [0.1, 0.15) is 5.82 Å². The Kier molecular flexibility index (Phi) is 2.18. The van der Waals surface area contributed by atoms with E-state index in [1.54, 1.807) is 24.3 Å². The van der Waals surface area contributed by atoms with E-state index in [1.807, 2.05) is 12.1 Å². The van der Waals surface area contributed by atoms with Gasteiger partial charge in [-0.15, -0.1) is 0 Å². The summed E-state index contributed by atoms with van der Waals surface area (Å²) < 4.78 is 18.1. The second kappa shape index (κ2) is 3.70. The summed E-state index contributed by atoms with van der Waals surface area (Å²) >= 11 is 0. The Labute approximate surface area is 97.7 Å². The topological polar surface area (TPSA) is 26.3 Å². The molecule has 2 nitrogen and oxygen atoms in total. The van der Waals surface area contributed by atoms with Crippen molar-refractivity contribution in [2.24, 2.45) is 0 Å². The van der Waals surface area contributed by atoms with Crippen molar-refractivity contribution in [1.29, 1.82) is 0 Å². The van der Waals surface area contributed by atoms with Crippen LogP contribution in [-0.2, 0) is 4.74 Å². The molecule has 2 aromatic rings. The fourth-order valence-corrected chi connectivity index (χ4v) is 2.03. The van der Waals surface area contributed by atoms with E-state index in [4.69, 9.17) is 4.74 Å². The van der Waals surface area contributed by atoms with Gasteiger partial charge in [-0.1, -0.05) is 30.3 Å². The number of hydrogen-bond acceptors (Lipinski definition) is 2. The maximum atomic E-state index is 12.8. The molecular weight excluding hydrogens is 219 g/mol. The SMILES string of the molecule is O=C1O[C@H](c2ccc(F)cc2)c2ccccc21. The quantitative estimate of drug-likeness (QED) is 0.701. The first-order valence-electron chi connectivity index (χ1n) is 5.31. The van der Waals surface area contributed by atoms with Crippen molar-refractivity contribution in [2.75, 3.05) is 0 Å². The van der Waals surface area contributed by atoms with Crippen molar-refractivity contribution in [3.05, 3.63) is 71.0 Å². The summed E-state index contributed by atoms with van der Waals surface area (Å²) in [5.41, 5.74) is 2.20. The lowest BCUT2D eigenvalue weighted by Crippen LogP contribution is -2.00. The molecule has 0 aliphatic carbocycles. The summed E-state index contributed by atoms with van der Waals surface area (Å²) in [5, 5.41) is 0. The fraction of sp³-hybridized carbons (Fsp3) is 0.0714. The Morgan fingerprint density at radius 1 is 1.00 bits per heavy atom. The number of fused-ring (bicyclic) bond motifs is 1. The average Bonchev–Trinajstić information content (AvgIpc) is 2.69. The van der Waals surface area contributed by atoms with Crippen LogP contribution in [0.1, 0.15) is 27.6 Å². The molecule has 84 valence electrons. The summed E-state index contributed by atoms with van der Waals surface area (Å²) in [4.78, 5) is 11.6. The Bertz CT molecular complexity index is 575. The van der Waals surface area contributed by atoms with Crippen molar-refractivity contribution in [3.63, 3.8) is 0 Å². The van der Waals surface area contributed by atoms with Crippen LogP contribution >= 0.6 is 0 Å². The zero-order valence-corrected chi connectivity index (χ0v) is 8.89. The standard InChI is InChI=1S/C14H9FO2/c15-10-7-5-9(6-8-10)13-11-3-1-2-4-12(11)14(16)17-13/h1-8,13H/t13-/m1/s1. The maximum absolute atomic E-state index is 12.8. The molecule has 3 rings (SSSR count). The molecule has 0 unspecified atom stereocenters. The van der Waals surface area contributed by atoms with Gasteiger partial charge in [0, 0.05) is 5.56 Å². The normalized spacial score (nSPS) is 17.7. The minimum absolute atomic E-state index is 0.300. The second-order valence-electron chi connectivity index (χ2n) is 3.92. The summed E-state index contributed by atoms with van der Waals surface area (Å²) in [7, 11) is 0. The third kappa shape index (κ3) is 1.60. The highest BCUT2D eigenvalue weighted by Crippen LogP contribution is 2.35. The van der Waals surface area contributed by atoms with E-state index in [2.05, 4.69) is 0 Å². The van der Waals surface area contributed by atoms with Gasteiger partial charge in [-0.3, -0.25) is 0 Å². The number of ether oxygens (including phenoxy) is 1. The molecule has 2 aromatic carbocycles. The first-order valence-corrected chi connectivity index (χ1v) is 5.31. The van der Waals surface area contributed by atoms with Gasteiger partial charge in [0.05, 0.1) is 5.56 Å². The highest BCUT2D eigenvalue weighted by molar-refractivity contribution is 5.94. The van der Waals surface area contributed by atoms with Crippen molar-refractivity contribution >= 4 is 5.97 Å². The molecule has 1 aliphatic heterocycles. The molecule has 1 aliphatic rings. The summed E-state index contributed by atoms with van der Waals surface area (Å²) in [5.74, 6) is -0.624. The molecule has 1 heterocycles. The number of benzene rings is 2. The molecule has 0 saturated carbocycles. The van der Waals surface area contributed by atoms with Crippen LogP contribution in [0.3, 0.4) is 0 Å². The first kappa shape index (κ1) is 10.0. The van der Waals surface area contributed by atoms with Crippen molar-refractivity contribution < 1.29 is 13.9 Å². The molecule has 0 N–H and O–H groups in total. The number of halogens is 1. The second-order valence-corrected chi connectivity index (χ2v) is 3.92. The lowest BCUT2D eigenvalue weighted by atomic mass is 9.99. The van der Waals surface area contributed by atoms with Gasteiger partial charge in [-0.25, -0.2) is 9.18 Å². The molecule has 1 atom stereocenters. The number of carbonyl (C=O) groups is 1. The Hall–Kier alpha value is -2.16. The number of cyclic esters (lactones) is 1. The molecule has 3 heteroatoms. The molecule has 0 radical (unpaired) electrons. The van der Waals surface area contributed by atoms with Crippen LogP contribution < -0.4 is 0 Å². The molecule has 0 amide bonds. The Morgan fingerprint density at radius 3 is 2.47 bits per heavy atom. The first-order chi connectivity index (χ1) is 8.25. The van der Waals surface area contributed by atoms with Gasteiger partial charge >= 0.3 is 5.97 Å². The zero-order valence-electron chi connectivity index (χ0n) is 8.89. The van der Waals surface area contributed by atoms with E-state index in [-0.39, 0.29) is 11.8 Å². The van der Waals surface area contributed by atoms with Gasteiger partial charge in [-0.2, -0.15) is 0 Å².